The Morgan fingerprint density at radius 3 is 2.18 bits per heavy atom. The maximum absolute atomic E-state index is 12.2. The summed E-state index contributed by atoms with van der Waals surface area (Å²) in [6.07, 6.45) is -1.76. The smallest absolute Gasteiger partial charge is 0.335 e. The third-order valence-electron chi connectivity index (χ3n) is 3.13. The van der Waals surface area contributed by atoms with Gasteiger partial charge in [0.05, 0.1) is 6.04 Å². The Balaban J connectivity index is 2.32. The van der Waals surface area contributed by atoms with E-state index in [1.807, 2.05) is 0 Å². The largest absolute Gasteiger partial charge is 0.479 e. The molecule has 2 aromatic carbocycles. The molecule has 0 bridgehead atoms. The number of aliphatic hydroxyl groups excluding tert-OH is 1. The van der Waals surface area contributed by atoms with E-state index in [0.717, 1.165) is 0 Å². The monoisotopic (exact) mass is 363 g/mol. The molecule has 114 valence electrons. The Bertz CT molecular complexity index is 675. The number of carbonyl (C=O) groups is 2. The molecule has 0 saturated carbocycles. The van der Waals surface area contributed by atoms with Gasteiger partial charge in [0.2, 0.25) is 0 Å². The summed E-state index contributed by atoms with van der Waals surface area (Å²) >= 11 is 3.31. The van der Waals surface area contributed by atoms with Gasteiger partial charge in [0.15, 0.2) is 6.10 Å². The van der Waals surface area contributed by atoms with Gasteiger partial charge in [-0.3, -0.25) is 4.79 Å². The van der Waals surface area contributed by atoms with Gasteiger partial charge in [0.1, 0.15) is 0 Å². The van der Waals surface area contributed by atoms with E-state index in [2.05, 4.69) is 21.2 Å². The van der Waals surface area contributed by atoms with Crippen LogP contribution in [0.3, 0.4) is 0 Å². The number of carbonyl (C=O) groups excluding carboxylic acids is 1. The van der Waals surface area contributed by atoms with Gasteiger partial charge in [0, 0.05) is 10.0 Å². The third kappa shape index (κ3) is 3.72. The van der Waals surface area contributed by atoms with Crippen molar-refractivity contribution in [3.8, 4) is 0 Å². The lowest BCUT2D eigenvalue weighted by atomic mass is 10.0. The van der Waals surface area contributed by atoms with Gasteiger partial charge >= 0.3 is 5.97 Å². The Morgan fingerprint density at radius 1 is 1.00 bits per heavy atom. The minimum Gasteiger partial charge on any atom is -0.479 e. The number of rotatable bonds is 5. The molecule has 22 heavy (non-hydrogen) atoms. The maximum atomic E-state index is 12.2. The van der Waals surface area contributed by atoms with E-state index < -0.39 is 24.0 Å². The van der Waals surface area contributed by atoms with Crippen LogP contribution in [0.15, 0.2) is 59.1 Å². The zero-order valence-corrected chi connectivity index (χ0v) is 13.0. The third-order valence-corrected chi connectivity index (χ3v) is 3.85. The highest BCUT2D eigenvalue weighted by Gasteiger charge is 2.30. The molecule has 0 unspecified atom stereocenters. The van der Waals surface area contributed by atoms with Crippen LogP contribution in [0, 0.1) is 0 Å². The predicted octanol–water partition coefficient (Wildman–Crippen LogP) is 2.37. The lowest BCUT2D eigenvalue weighted by Crippen LogP contribution is -2.40. The van der Waals surface area contributed by atoms with E-state index in [1.54, 1.807) is 54.6 Å². The number of nitrogens with one attached hydrogen (secondary N) is 1. The Kier molecular flexibility index (Phi) is 5.30. The highest BCUT2D eigenvalue weighted by Crippen LogP contribution is 2.26. The van der Waals surface area contributed by atoms with Crippen LogP contribution in [0.25, 0.3) is 0 Å². The van der Waals surface area contributed by atoms with Crippen molar-refractivity contribution < 1.29 is 19.8 Å². The van der Waals surface area contributed by atoms with Gasteiger partial charge in [-0.05, 0) is 23.8 Å². The molecule has 2 aromatic rings. The molecule has 0 saturated heterocycles. The molecule has 0 radical (unpaired) electrons. The summed E-state index contributed by atoms with van der Waals surface area (Å²) < 4.78 is 0.605. The number of benzene rings is 2. The SMILES string of the molecule is O=C(N[C@@H](c1ccccc1Br)[C@H](O)C(=O)O)c1ccccc1. The Hall–Kier alpha value is -2.18. The molecule has 0 heterocycles. The number of hydrogen-bond acceptors (Lipinski definition) is 3. The van der Waals surface area contributed by atoms with Crippen molar-refractivity contribution >= 4 is 27.8 Å². The van der Waals surface area contributed by atoms with Gasteiger partial charge < -0.3 is 15.5 Å². The molecule has 0 fully saturated rings. The predicted molar refractivity (Wildman–Crippen MR) is 84.4 cm³/mol. The van der Waals surface area contributed by atoms with E-state index in [4.69, 9.17) is 5.11 Å². The van der Waals surface area contributed by atoms with Crippen molar-refractivity contribution in [2.45, 2.75) is 12.1 Å². The number of carboxylic acids is 1. The van der Waals surface area contributed by atoms with Crippen LogP contribution < -0.4 is 5.32 Å². The molecular weight excluding hydrogens is 350 g/mol. The van der Waals surface area contributed by atoms with Crippen molar-refractivity contribution in [3.05, 3.63) is 70.2 Å². The van der Waals surface area contributed by atoms with Crippen molar-refractivity contribution in [2.24, 2.45) is 0 Å². The second kappa shape index (κ2) is 7.20. The van der Waals surface area contributed by atoms with Crippen LogP contribution in [0.4, 0.5) is 0 Å². The summed E-state index contributed by atoms with van der Waals surface area (Å²) in [6.45, 7) is 0. The minimum atomic E-state index is -1.76. The molecule has 2 atom stereocenters. The molecule has 0 aliphatic heterocycles. The van der Waals surface area contributed by atoms with Gasteiger partial charge in [-0.1, -0.05) is 52.3 Å². The van der Waals surface area contributed by atoms with E-state index >= 15 is 0 Å². The fourth-order valence-electron chi connectivity index (χ4n) is 2.01. The summed E-state index contributed by atoms with van der Waals surface area (Å²) in [5.74, 6) is -1.87. The first-order valence-corrected chi connectivity index (χ1v) is 7.31. The normalized spacial score (nSPS) is 13.2. The average Bonchev–Trinajstić information content (AvgIpc) is 2.53. The fraction of sp³-hybridized carbons (Fsp3) is 0.125. The zero-order valence-electron chi connectivity index (χ0n) is 11.4. The molecule has 0 aliphatic rings. The van der Waals surface area contributed by atoms with E-state index in [9.17, 15) is 14.7 Å². The second-order valence-electron chi connectivity index (χ2n) is 4.62. The summed E-state index contributed by atoms with van der Waals surface area (Å²) in [6, 6.07) is 14.2. The first-order valence-electron chi connectivity index (χ1n) is 6.52. The molecule has 2 rings (SSSR count). The standard InChI is InChI=1S/C16H14BrNO4/c17-12-9-5-4-8-11(12)13(14(19)16(21)22)18-15(20)10-6-2-1-3-7-10/h1-9,13-14,19H,(H,18,20)(H,21,22)/t13-,14-/m0/s1. The summed E-state index contributed by atoms with van der Waals surface area (Å²) in [4.78, 5) is 23.4. The molecule has 0 spiro atoms. The highest BCUT2D eigenvalue weighted by molar-refractivity contribution is 9.10. The van der Waals surface area contributed by atoms with E-state index in [1.165, 1.54) is 0 Å². The van der Waals surface area contributed by atoms with Crippen LogP contribution in [0.5, 0.6) is 0 Å². The van der Waals surface area contributed by atoms with E-state index in [0.29, 0.717) is 15.6 Å². The number of halogens is 1. The van der Waals surface area contributed by atoms with Crippen LogP contribution in [-0.2, 0) is 4.79 Å². The summed E-state index contributed by atoms with van der Waals surface area (Å²) in [7, 11) is 0. The van der Waals surface area contributed by atoms with E-state index in [-0.39, 0.29) is 0 Å². The molecule has 1 amide bonds. The van der Waals surface area contributed by atoms with Crippen LogP contribution >= 0.6 is 15.9 Å². The first kappa shape index (κ1) is 16.2. The molecule has 5 nitrogen and oxygen atoms in total. The van der Waals surface area contributed by atoms with Gasteiger partial charge in [-0.25, -0.2) is 4.79 Å². The van der Waals surface area contributed by atoms with Gasteiger partial charge in [-0.15, -0.1) is 0 Å². The summed E-state index contributed by atoms with van der Waals surface area (Å²) in [5, 5.41) is 21.6. The zero-order chi connectivity index (χ0) is 16.1. The molecular formula is C16H14BrNO4. The topological polar surface area (TPSA) is 86.6 Å². The van der Waals surface area contributed by atoms with Gasteiger partial charge in [0.25, 0.3) is 5.91 Å². The number of hydrogen-bond donors (Lipinski definition) is 3. The van der Waals surface area contributed by atoms with Crippen molar-refractivity contribution in [1.29, 1.82) is 0 Å². The van der Waals surface area contributed by atoms with Crippen LogP contribution in [0.1, 0.15) is 22.0 Å². The maximum Gasteiger partial charge on any atom is 0.335 e. The average molecular weight is 364 g/mol. The number of carboxylic acid groups (broad SMARTS) is 1. The van der Waals surface area contributed by atoms with Crippen molar-refractivity contribution in [2.75, 3.05) is 0 Å². The second-order valence-corrected chi connectivity index (χ2v) is 5.48. The van der Waals surface area contributed by atoms with Crippen molar-refractivity contribution in [1.82, 2.24) is 5.32 Å². The van der Waals surface area contributed by atoms with Crippen LogP contribution in [-0.4, -0.2) is 28.2 Å². The number of amides is 1. The quantitative estimate of drug-likeness (QED) is 0.760. The minimum absolute atomic E-state index is 0.386. The highest BCUT2D eigenvalue weighted by atomic mass is 79.9. The molecule has 0 aliphatic carbocycles. The molecule has 6 heteroatoms. The first-order chi connectivity index (χ1) is 10.5. The summed E-state index contributed by atoms with van der Waals surface area (Å²) in [5.41, 5.74) is 0.874. The van der Waals surface area contributed by atoms with Crippen molar-refractivity contribution in [3.63, 3.8) is 0 Å². The molecule has 0 aromatic heterocycles. The number of aliphatic hydroxyl groups is 1. The lowest BCUT2D eigenvalue weighted by Gasteiger charge is -2.23. The fourth-order valence-corrected chi connectivity index (χ4v) is 2.54. The lowest BCUT2D eigenvalue weighted by molar-refractivity contribution is -0.148. The Morgan fingerprint density at radius 2 is 1.59 bits per heavy atom. The number of aliphatic carboxylic acids is 1. The Labute approximate surface area is 135 Å². The molecule has 3 N–H and O–H groups in total. The van der Waals surface area contributed by atoms with Crippen LogP contribution in [0.2, 0.25) is 0 Å². The van der Waals surface area contributed by atoms with Gasteiger partial charge in [-0.2, -0.15) is 0 Å².